The van der Waals surface area contributed by atoms with Crippen molar-refractivity contribution in [2.75, 3.05) is 0 Å². The molecule has 1 heterocycles. The van der Waals surface area contributed by atoms with Crippen LogP contribution in [0.25, 0.3) is 0 Å². The summed E-state index contributed by atoms with van der Waals surface area (Å²) < 4.78 is 1.67. The first-order valence-electron chi connectivity index (χ1n) is 5.17. The van der Waals surface area contributed by atoms with Gasteiger partial charge in [-0.15, -0.1) is 5.10 Å². The molecule has 6 heteroatoms. The van der Waals surface area contributed by atoms with Gasteiger partial charge in [-0.2, -0.15) is 0 Å². The lowest BCUT2D eigenvalue weighted by Gasteiger charge is -2.03. The van der Waals surface area contributed by atoms with Crippen molar-refractivity contribution in [1.82, 2.24) is 20.4 Å². The molecular formula is C11H13N5O. The van der Waals surface area contributed by atoms with E-state index in [0.717, 1.165) is 5.56 Å². The number of rotatable bonds is 3. The Labute approximate surface area is 98.4 Å². The van der Waals surface area contributed by atoms with Gasteiger partial charge in [0.25, 0.3) is 5.91 Å². The molecule has 0 fully saturated rings. The van der Waals surface area contributed by atoms with Crippen LogP contribution in [0.3, 0.4) is 0 Å². The molecule has 0 unspecified atom stereocenters. The number of hydrogen-bond donors (Lipinski definition) is 2. The summed E-state index contributed by atoms with van der Waals surface area (Å²) in [6, 6.07) is 9.84. The van der Waals surface area contributed by atoms with E-state index in [4.69, 9.17) is 5.84 Å². The maximum atomic E-state index is 11.3. The van der Waals surface area contributed by atoms with Crippen molar-refractivity contribution in [3.8, 4) is 0 Å². The molecule has 0 atom stereocenters. The van der Waals surface area contributed by atoms with Crippen LogP contribution in [-0.4, -0.2) is 20.9 Å². The molecule has 6 nitrogen and oxygen atoms in total. The maximum Gasteiger partial charge on any atom is 0.287 e. The van der Waals surface area contributed by atoms with E-state index in [2.05, 4.69) is 10.3 Å². The van der Waals surface area contributed by atoms with Gasteiger partial charge in [0.1, 0.15) is 0 Å². The smallest absolute Gasteiger partial charge is 0.287 e. The van der Waals surface area contributed by atoms with E-state index in [1.165, 1.54) is 0 Å². The van der Waals surface area contributed by atoms with Crippen molar-refractivity contribution in [2.45, 2.75) is 13.5 Å². The number of nitrogens with zero attached hydrogens (tertiary/aromatic N) is 3. The molecular weight excluding hydrogens is 218 g/mol. The van der Waals surface area contributed by atoms with Crippen molar-refractivity contribution in [1.29, 1.82) is 0 Å². The first kappa shape index (κ1) is 11.3. The average molecular weight is 231 g/mol. The number of nitrogens with two attached hydrogens (primary N) is 1. The Morgan fingerprint density at radius 3 is 2.76 bits per heavy atom. The third kappa shape index (κ3) is 2.31. The Bertz CT molecular complexity index is 520. The van der Waals surface area contributed by atoms with Gasteiger partial charge in [0.05, 0.1) is 12.2 Å². The summed E-state index contributed by atoms with van der Waals surface area (Å²) in [6.07, 6.45) is 0. The minimum Gasteiger partial charge on any atom is -0.289 e. The fourth-order valence-corrected chi connectivity index (χ4v) is 1.55. The lowest BCUT2D eigenvalue weighted by Crippen LogP contribution is -2.30. The summed E-state index contributed by atoms with van der Waals surface area (Å²) in [5.41, 5.74) is 4.09. The largest absolute Gasteiger partial charge is 0.289 e. The summed E-state index contributed by atoms with van der Waals surface area (Å²) in [7, 11) is 0. The zero-order chi connectivity index (χ0) is 12.3. The van der Waals surface area contributed by atoms with Gasteiger partial charge in [-0.05, 0) is 12.5 Å². The topological polar surface area (TPSA) is 85.8 Å². The second-order valence-electron chi connectivity index (χ2n) is 3.64. The van der Waals surface area contributed by atoms with Gasteiger partial charge in [0.15, 0.2) is 5.69 Å². The zero-order valence-corrected chi connectivity index (χ0v) is 9.42. The first-order chi connectivity index (χ1) is 8.22. The highest BCUT2D eigenvalue weighted by Crippen LogP contribution is 2.07. The van der Waals surface area contributed by atoms with Gasteiger partial charge in [0, 0.05) is 0 Å². The van der Waals surface area contributed by atoms with Gasteiger partial charge in [0.2, 0.25) is 0 Å². The van der Waals surface area contributed by atoms with Crippen LogP contribution in [0.5, 0.6) is 0 Å². The normalized spacial score (nSPS) is 10.2. The van der Waals surface area contributed by atoms with Crippen molar-refractivity contribution in [3.05, 3.63) is 47.3 Å². The molecule has 0 radical (unpaired) electrons. The molecule has 3 N–H and O–H groups in total. The van der Waals surface area contributed by atoms with E-state index in [1.54, 1.807) is 11.6 Å². The third-order valence-corrected chi connectivity index (χ3v) is 2.50. The lowest BCUT2D eigenvalue weighted by molar-refractivity contribution is 0.0948. The molecule has 0 bridgehead atoms. The number of carbonyl (C=O) groups is 1. The van der Waals surface area contributed by atoms with Gasteiger partial charge in [-0.1, -0.05) is 35.5 Å². The molecule has 0 spiro atoms. The molecule has 0 aliphatic carbocycles. The van der Waals surface area contributed by atoms with E-state index in [9.17, 15) is 4.79 Å². The summed E-state index contributed by atoms with van der Waals surface area (Å²) in [6.45, 7) is 2.37. The predicted molar refractivity (Wildman–Crippen MR) is 62.0 cm³/mol. The lowest BCUT2D eigenvalue weighted by atomic mass is 10.2. The summed E-state index contributed by atoms with van der Waals surface area (Å²) in [4.78, 5) is 11.3. The first-order valence-corrected chi connectivity index (χ1v) is 5.17. The molecule has 0 aliphatic heterocycles. The Morgan fingerprint density at radius 2 is 2.12 bits per heavy atom. The highest BCUT2D eigenvalue weighted by molar-refractivity contribution is 5.92. The molecule has 1 amide bonds. The number of hydrogen-bond acceptors (Lipinski definition) is 4. The van der Waals surface area contributed by atoms with Crippen LogP contribution in [0.4, 0.5) is 0 Å². The number of benzene rings is 1. The van der Waals surface area contributed by atoms with Crippen LogP contribution >= 0.6 is 0 Å². The third-order valence-electron chi connectivity index (χ3n) is 2.50. The maximum absolute atomic E-state index is 11.3. The molecule has 17 heavy (non-hydrogen) atoms. The molecule has 0 aliphatic rings. The highest BCUT2D eigenvalue weighted by atomic mass is 16.2. The molecule has 0 saturated heterocycles. The summed E-state index contributed by atoms with van der Waals surface area (Å²) in [5, 5.41) is 7.73. The fraction of sp³-hybridized carbons (Fsp3) is 0.182. The van der Waals surface area contributed by atoms with E-state index >= 15 is 0 Å². The number of hydrazine groups is 1. The molecule has 2 rings (SSSR count). The SMILES string of the molecule is Cc1c(C(=O)NN)nnn1Cc1ccccc1. The van der Waals surface area contributed by atoms with Crippen LogP contribution in [0.1, 0.15) is 21.7 Å². The van der Waals surface area contributed by atoms with Gasteiger partial charge < -0.3 is 0 Å². The monoisotopic (exact) mass is 231 g/mol. The number of nitrogens with one attached hydrogen (secondary N) is 1. The van der Waals surface area contributed by atoms with Crippen molar-refractivity contribution >= 4 is 5.91 Å². The number of aromatic nitrogens is 3. The van der Waals surface area contributed by atoms with Crippen LogP contribution in [0, 0.1) is 6.92 Å². The fourth-order valence-electron chi connectivity index (χ4n) is 1.55. The minimum absolute atomic E-state index is 0.253. The molecule has 0 saturated carbocycles. The van der Waals surface area contributed by atoms with E-state index in [0.29, 0.717) is 12.2 Å². The second kappa shape index (κ2) is 4.75. The number of carbonyl (C=O) groups excluding carboxylic acids is 1. The Kier molecular flexibility index (Phi) is 3.15. The van der Waals surface area contributed by atoms with E-state index in [1.807, 2.05) is 35.8 Å². The van der Waals surface area contributed by atoms with Gasteiger partial charge in [-0.3, -0.25) is 10.2 Å². The Hall–Kier alpha value is -2.21. The van der Waals surface area contributed by atoms with Crippen LogP contribution in [0.2, 0.25) is 0 Å². The average Bonchev–Trinajstić information content (AvgIpc) is 2.72. The molecule has 1 aromatic heterocycles. The van der Waals surface area contributed by atoms with Crippen LogP contribution in [0.15, 0.2) is 30.3 Å². The summed E-state index contributed by atoms with van der Waals surface area (Å²) >= 11 is 0. The second-order valence-corrected chi connectivity index (χ2v) is 3.64. The van der Waals surface area contributed by atoms with Crippen LogP contribution in [-0.2, 0) is 6.54 Å². The summed E-state index contributed by atoms with van der Waals surface area (Å²) in [5.74, 6) is 4.63. The van der Waals surface area contributed by atoms with Crippen LogP contribution < -0.4 is 11.3 Å². The number of nitrogen functional groups attached to an aromatic ring is 1. The molecule has 2 aromatic rings. The molecule has 1 aromatic carbocycles. The minimum atomic E-state index is -0.429. The van der Waals surface area contributed by atoms with E-state index < -0.39 is 5.91 Å². The van der Waals surface area contributed by atoms with Crippen molar-refractivity contribution in [3.63, 3.8) is 0 Å². The van der Waals surface area contributed by atoms with Gasteiger partial charge in [-0.25, -0.2) is 10.5 Å². The standard InChI is InChI=1S/C11H13N5O/c1-8-10(11(17)13-12)14-15-16(8)7-9-5-3-2-4-6-9/h2-6H,7,12H2,1H3,(H,13,17). The molecule has 88 valence electrons. The van der Waals surface area contributed by atoms with Gasteiger partial charge >= 0.3 is 0 Å². The zero-order valence-electron chi connectivity index (χ0n) is 9.42. The Morgan fingerprint density at radius 1 is 1.41 bits per heavy atom. The highest BCUT2D eigenvalue weighted by Gasteiger charge is 2.15. The van der Waals surface area contributed by atoms with Crippen molar-refractivity contribution in [2.24, 2.45) is 5.84 Å². The van der Waals surface area contributed by atoms with Crippen molar-refractivity contribution < 1.29 is 4.79 Å². The Balaban J connectivity index is 2.24. The number of amides is 1. The van der Waals surface area contributed by atoms with E-state index in [-0.39, 0.29) is 5.69 Å². The predicted octanol–water partition coefficient (Wildman–Crippen LogP) is 0.238. The quantitative estimate of drug-likeness (QED) is 0.450.